The van der Waals surface area contributed by atoms with Crippen molar-refractivity contribution < 1.29 is 19.1 Å². The summed E-state index contributed by atoms with van der Waals surface area (Å²) in [6, 6.07) is 14.4. The molecule has 0 atom stereocenters. The Labute approximate surface area is 165 Å². The van der Waals surface area contributed by atoms with Crippen molar-refractivity contribution in [1.29, 1.82) is 0 Å². The molecule has 4 heteroatoms. The van der Waals surface area contributed by atoms with E-state index in [1.54, 1.807) is 48.6 Å². The predicted octanol–water partition coefficient (Wildman–Crippen LogP) is 5.43. The van der Waals surface area contributed by atoms with Gasteiger partial charge in [0.25, 0.3) is 0 Å². The van der Waals surface area contributed by atoms with Crippen LogP contribution in [0.5, 0.6) is 11.5 Å². The second kappa shape index (κ2) is 11.1. The van der Waals surface area contributed by atoms with Gasteiger partial charge in [0.2, 0.25) is 0 Å². The normalized spacial score (nSPS) is 11.6. The van der Waals surface area contributed by atoms with Gasteiger partial charge in [0.15, 0.2) is 0 Å². The molecule has 2 aromatic carbocycles. The van der Waals surface area contributed by atoms with Crippen LogP contribution >= 0.6 is 0 Å². The van der Waals surface area contributed by atoms with E-state index in [1.807, 2.05) is 50.3 Å². The first-order valence-corrected chi connectivity index (χ1v) is 8.85. The van der Waals surface area contributed by atoms with Crippen LogP contribution in [0.2, 0.25) is 0 Å². The van der Waals surface area contributed by atoms with Gasteiger partial charge in [0, 0.05) is 12.2 Å². The van der Waals surface area contributed by atoms with E-state index in [0.717, 1.165) is 11.1 Å². The van der Waals surface area contributed by atoms with Gasteiger partial charge in [-0.25, -0.2) is 9.59 Å². The molecular formula is C24H22O4. The summed E-state index contributed by atoms with van der Waals surface area (Å²) in [4.78, 5) is 23.3. The summed E-state index contributed by atoms with van der Waals surface area (Å²) in [5.74, 6) is 0.0793. The first-order valence-electron chi connectivity index (χ1n) is 8.85. The molecule has 0 aromatic heterocycles. The fraction of sp³-hybridized carbons (Fsp3) is 0.0833. The number of carbonyl (C=O) groups is 2. The average Bonchev–Trinajstić information content (AvgIpc) is 2.70. The molecule has 0 saturated heterocycles. The second-order valence-corrected chi connectivity index (χ2v) is 5.66. The SMILES string of the molecule is C/C=C/C=C/C(=O)Oc1ccc(-c2ccc(OC(=O)/C=C/C=C/C)cc2)cc1. The summed E-state index contributed by atoms with van der Waals surface area (Å²) in [5, 5.41) is 0. The van der Waals surface area contributed by atoms with Crippen LogP contribution in [-0.4, -0.2) is 11.9 Å². The number of rotatable bonds is 7. The molecule has 4 nitrogen and oxygen atoms in total. The third-order valence-corrected chi connectivity index (χ3v) is 3.55. The number of allylic oxidation sites excluding steroid dienone is 6. The molecule has 0 aliphatic heterocycles. The molecule has 0 bridgehead atoms. The second-order valence-electron chi connectivity index (χ2n) is 5.66. The Morgan fingerprint density at radius 2 is 0.964 bits per heavy atom. The van der Waals surface area contributed by atoms with Crippen LogP contribution in [0.3, 0.4) is 0 Å². The van der Waals surface area contributed by atoms with E-state index in [9.17, 15) is 9.59 Å². The first kappa shape index (κ1) is 20.6. The van der Waals surface area contributed by atoms with Crippen molar-refractivity contribution in [2.24, 2.45) is 0 Å². The van der Waals surface area contributed by atoms with Crippen molar-refractivity contribution in [3.8, 4) is 22.6 Å². The van der Waals surface area contributed by atoms with Crippen molar-refractivity contribution in [3.05, 3.63) is 97.1 Å². The smallest absolute Gasteiger partial charge is 0.336 e. The van der Waals surface area contributed by atoms with Gasteiger partial charge in [0.1, 0.15) is 11.5 Å². The van der Waals surface area contributed by atoms with Gasteiger partial charge >= 0.3 is 11.9 Å². The molecule has 0 spiro atoms. The van der Waals surface area contributed by atoms with Crippen LogP contribution in [0, 0.1) is 0 Å². The zero-order valence-electron chi connectivity index (χ0n) is 15.9. The van der Waals surface area contributed by atoms with E-state index in [2.05, 4.69) is 0 Å². The molecule has 0 amide bonds. The largest absolute Gasteiger partial charge is 0.423 e. The number of hydrogen-bond donors (Lipinski definition) is 0. The topological polar surface area (TPSA) is 52.6 Å². The van der Waals surface area contributed by atoms with E-state index >= 15 is 0 Å². The van der Waals surface area contributed by atoms with E-state index in [1.165, 1.54) is 12.2 Å². The maximum Gasteiger partial charge on any atom is 0.336 e. The van der Waals surface area contributed by atoms with Gasteiger partial charge in [-0.1, -0.05) is 60.7 Å². The summed E-state index contributed by atoms with van der Waals surface area (Å²) in [6.45, 7) is 3.74. The van der Waals surface area contributed by atoms with Crippen LogP contribution < -0.4 is 9.47 Å². The third-order valence-electron chi connectivity index (χ3n) is 3.55. The Kier molecular flexibility index (Phi) is 8.21. The summed E-state index contributed by atoms with van der Waals surface area (Å²) in [5.41, 5.74) is 1.91. The van der Waals surface area contributed by atoms with Crippen LogP contribution in [0.25, 0.3) is 11.1 Å². The molecule has 0 aliphatic carbocycles. The van der Waals surface area contributed by atoms with Gasteiger partial charge in [-0.3, -0.25) is 0 Å². The third kappa shape index (κ3) is 6.92. The molecule has 2 aromatic rings. The quantitative estimate of drug-likeness (QED) is 0.281. The molecule has 28 heavy (non-hydrogen) atoms. The van der Waals surface area contributed by atoms with E-state index in [0.29, 0.717) is 11.5 Å². The molecule has 0 N–H and O–H groups in total. The van der Waals surface area contributed by atoms with E-state index in [4.69, 9.17) is 9.47 Å². The Balaban J connectivity index is 1.98. The standard InChI is InChI=1S/C24H22O4/c1-3-5-7-9-23(25)27-21-15-11-19(12-16-21)20-13-17-22(18-14-20)28-24(26)10-8-6-4-2/h3-18H,1-2H3/b5-3+,6-4+,9-7+,10-8+. The summed E-state index contributed by atoms with van der Waals surface area (Å²) < 4.78 is 10.5. The van der Waals surface area contributed by atoms with Crippen LogP contribution in [0.15, 0.2) is 97.1 Å². The minimum Gasteiger partial charge on any atom is -0.423 e. The molecule has 0 saturated carbocycles. The fourth-order valence-electron chi connectivity index (χ4n) is 2.22. The number of carbonyl (C=O) groups excluding carboxylic acids is 2. The summed E-state index contributed by atoms with van der Waals surface area (Å²) in [6.07, 6.45) is 13.1. The highest BCUT2D eigenvalue weighted by Gasteiger charge is 2.04. The fourth-order valence-corrected chi connectivity index (χ4v) is 2.22. The lowest BCUT2D eigenvalue weighted by molar-refractivity contribution is -0.129. The Morgan fingerprint density at radius 1 is 0.607 bits per heavy atom. The predicted molar refractivity (Wildman–Crippen MR) is 111 cm³/mol. The molecule has 2 rings (SSSR count). The molecule has 0 heterocycles. The van der Waals surface area contributed by atoms with Gasteiger partial charge in [0.05, 0.1) is 0 Å². The molecule has 0 unspecified atom stereocenters. The Bertz CT molecular complexity index is 821. The minimum absolute atomic E-state index is 0.430. The lowest BCUT2D eigenvalue weighted by Gasteiger charge is -2.06. The number of esters is 2. The zero-order valence-corrected chi connectivity index (χ0v) is 15.9. The van der Waals surface area contributed by atoms with Crippen molar-refractivity contribution >= 4 is 11.9 Å². The molecule has 0 radical (unpaired) electrons. The lowest BCUT2D eigenvalue weighted by atomic mass is 10.1. The lowest BCUT2D eigenvalue weighted by Crippen LogP contribution is -2.03. The van der Waals surface area contributed by atoms with Gasteiger partial charge in [-0.2, -0.15) is 0 Å². The van der Waals surface area contributed by atoms with E-state index < -0.39 is 11.9 Å². The van der Waals surface area contributed by atoms with Crippen LogP contribution in [0.1, 0.15) is 13.8 Å². The summed E-state index contributed by atoms with van der Waals surface area (Å²) in [7, 11) is 0. The average molecular weight is 374 g/mol. The molecule has 0 aliphatic rings. The van der Waals surface area contributed by atoms with Crippen LogP contribution in [-0.2, 0) is 9.59 Å². The van der Waals surface area contributed by atoms with Gasteiger partial charge < -0.3 is 9.47 Å². The maximum atomic E-state index is 11.7. The monoisotopic (exact) mass is 374 g/mol. The van der Waals surface area contributed by atoms with Crippen molar-refractivity contribution in [3.63, 3.8) is 0 Å². The van der Waals surface area contributed by atoms with Crippen LogP contribution in [0.4, 0.5) is 0 Å². The molecule has 142 valence electrons. The minimum atomic E-state index is -0.430. The molecule has 0 fully saturated rings. The highest BCUT2D eigenvalue weighted by atomic mass is 16.5. The highest BCUT2D eigenvalue weighted by Crippen LogP contribution is 2.24. The highest BCUT2D eigenvalue weighted by molar-refractivity contribution is 5.85. The number of hydrogen-bond acceptors (Lipinski definition) is 4. The summed E-state index contributed by atoms with van der Waals surface area (Å²) >= 11 is 0. The van der Waals surface area contributed by atoms with Crippen molar-refractivity contribution in [2.45, 2.75) is 13.8 Å². The van der Waals surface area contributed by atoms with Crippen molar-refractivity contribution in [2.75, 3.05) is 0 Å². The van der Waals surface area contributed by atoms with Crippen molar-refractivity contribution in [1.82, 2.24) is 0 Å². The molecular weight excluding hydrogens is 352 g/mol. The first-order chi connectivity index (χ1) is 13.6. The number of ether oxygens (including phenoxy) is 2. The maximum absolute atomic E-state index is 11.7. The Morgan fingerprint density at radius 3 is 1.29 bits per heavy atom. The Hall–Kier alpha value is -3.66. The zero-order chi connectivity index (χ0) is 20.2. The van der Waals surface area contributed by atoms with Gasteiger partial charge in [-0.05, 0) is 49.2 Å². The number of benzene rings is 2. The van der Waals surface area contributed by atoms with E-state index in [-0.39, 0.29) is 0 Å². The van der Waals surface area contributed by atoms with Gasteiger partial charge in [-0.15, -0.1) is 0 Å².